The molecule has 0 unspecified atom stereocenters. The summed E-state index contributed by atoms with van der Waals surface area (Å²) in [5.41, 5.74) is 1.15. The standard InChI is InChI=1S/C15H19N3O3/c1-10-8-11(4-5-14(10)21-3)15(20)18-9-13(19)12(16)6-7-17-2/h4-8,16-17H,9H2,1-3H3,(H,18,20)/p+1. The molecule has 0 aliphatic heterocycles. The lowest BCUT2D eigenvalue weighted by Crippen LogP contribution is -2.72. The quantitative estimate of drug-likeness (QED) is 0.618. The molecular formula is C15H20N3O3+. The molecule has 1 rings (SSSR count). The third-order valence-electron chi connectivity index (χ3n) is 2.82. The van der Waals surface area contributed by atoms with Gasteiger partial charge in [-0.05, 0) is 30.7 Å². The van der Waals surface area contributed by atoms with E-state index in [2.05, 4.69) is 5.32 Å². The number of aryl methyl sites for hydroxylation is 1. The number of hydrogen-bond donors (Lipinski definition) is 3. The second-order valence-electron chi connectivity index (χ2n) is 4.40. The second kappa shape index (κ2) is 7.96. The van der Waals surface area contributed by atoms with Gasteiger partial charge in [0.15, 0.2) is 5.78 Å². The molecule has 6 nitrogen and oxygen atoms in total. The molecular weight excluding hydrogens is 270 g/mol. The average Bonchev–Trinajstić information content (AvgIpc) is 2.49. The topological polar surface area (TPSA) is 95.9 Å². The van der Waals surface area contributed by atoms with Crippen LogP contribution in [0.4, 0.5) is 0 Å². The Morgan fingerprint density at radius 1 is 1.43 bits per heavy atom. The molecule has 0 aromatic heterocycles. The first-order valence-electron chi connectivity index (χ1n) is 6.50. The van der Waals surface area contributed by atoms with Gasteiger partial charge in [0.2, 0.25) is 0 Å². The van der Waals surface area contributed by atoms with Crippen LogP contribution in [0.15, 0.2) is 30.5 Å². The van der Waals surface area contributed by atoms with Gasteiger partial charge in [0, 0.05) is 11.6 Å². The first-order valence-corrected chi connectivity index (χ1v) is 6.50. The molecule has 0 aliphatic carbocycles. The Hall–Kier alpha value is -2.47. The maximum Gasteiger partial charge on any atom is 0.251 e. The number of hydrogen-bond acceptors (Lipinski definition) is 4. The van der Waals surface area contributed by atoms with Crippen LogP contribution in [0.25, 0.3) is 0 Å². The van der Waals surface area contributed by atoms with Crippen molar-refractivity contribution in [3.05, 3.63) is 41.6 Å². The fourth-order valence-electron chi connectivity index (χ4n) is 1.66. The number of allylic oxidation sites excluding steroid dienone is 1. The van der Waals surface area contributed by atoms with E-state index in [1.165, 1.54) is 6.08 Å². The van der Waals surface area contributed by atoms with Crippen LogP contribution in [-0.2, 0) is 4.79 Å². The summed E-state index contributed by atoms with van der Waals surface area (Å²) in [6.45, 7) is 1.64. The summed E-state index contributed by atoms with van der Waals surface area (Å²) >= 11 is 0. The zero-order valence-corrected chi connectivity index (χ0v) is 12.4. The van der Waals surface area contributed by atoms with Gasteiger partial charge < -0.3 is 15.4 Å². The third kappa shape index (κ3) is 4.85. The maximum absolute atomic E-state index is 11.9. The Morgan fingerprint density at radius 3 is 2.71 bits per heavy atom. The highest BCUT2D eigenvalue weighted by Crippen LogP contribution is 2.18. The zero-order chi connectivity index (χ0) is 15.8. The van der Waals surface area contributed by atoms with Gasteiger partial charge in [0.25, 0.3) is 5.91 Å². The van der Waals surface area contributed by atoms with Gasteiger partial charge in [-0.3, -0.25) is 15.0 Å². The lowest BCUT2D eigenvalue weighted by Gasteiger charge is -2.08. The summed E-state index contributed by atoms with van der Waals surface area (Å²) in [7, 11) is 3.36. The van der Waals surface area contributed by atoms with E-state index in [0.29, 0.717) is 11.3 Å². The summed E-state index contributed by atoms with van der Waals surface area (Å²) in [4.78, 5) is 23.6. The molecule has 0 aliphatic rings. The number of ether oxygens (including phenoxy) is 1. The van der Waals surface area contributed by atoms with E-state index in [1.54, 1.807) is 43.9 Å². The summed E-state index contributed by atoms with van der Waals surface area (Å²) in [6.07, 6.45) is 3.00. The number of rotatable bonds is 7. The van der Waals surface area contributed by atoms with Gasteiger partial charge in [-0.2, -0.15) is 0 Å². The molecule has 1 aromatic rings. The Kier molecular flexibility index (Phi) is 6.29. The smallest absolute Gasteiger partial charge is 0.251 e. The number of nitrogens with one attached hydrogen (secondary N) is 2. The normalized spacial score (nSPS) is 10.4. The predicted molar refractivity (Wildman–Crippen MR) is 79.8 cm³/mol. The van der Waals surface area contributed by atoms with E-state index in [0.717, 1.165) is 5.56 Å². The van der Waals surface area contributed by atoms with Crippen molar-refractivity contribution in [3.63, 3.8) is 0 Å². The number of carbonyl (C=O) groups excluding carboxylic acids is 2. The molecule has 0 saturated heterocycles. The van der Waals surface area contributed by atoms with Crippen molar-refractivity contribution in [2.75, 3.05) is 20.7 Å². The van der Waals surface area contributed by atoms with Crippen LogP contribution >= 0.6 is 0 Å². The number of benzene rings is 1. The van der Waals surface area contributed by atoms with Gasteiger partial charge in [0.1, 0.15) is 11.5 Å². The van der Waals surface area contributed by atoms with Crippen LogP contribution in [0.3, 0.4) is 0 Å². The SMILES string of the molecule is C[NH2+]C=CC(=N)C(=O)CNC(=O)c1ccc(OC)c(C)c1. The van der Waals surface area contributed by atoms with Crippen LogP contribution in [0.1, 0.15) is 15.9 Å². The number of amides is 1. The minimum atomic E-state index is -0.438. The Bertz CT molecular complexity index is 580. The van der Waals surface area contributed by atoms with E-state index in [1.807, 2.05) is 6.92 Å². The van der Waals surface area contributed by atoms with Gasteiger partial charge in [-0.1, -0.05) is 0 Å². The number of carbonyl (C=O) groups is 2. The van der Waals surface area contributed by atoms with Crippen molar-refractivity contribution in [2.24, 2.45) is 0 Å². The van der Waals surface area contributed by atoms with E-state index in [-0.39, 0.29) is 18.2 Å². The molecule has 6 heteroatoms. The molecule has 1 aromatic carbocycles. The van der Waals surface area contributed by atoms with Crippen molar-refractivity contribution < 1.29 is 19.6 Å². The van der Waals surface area contributed by atoms with E-state index in [4.69, 9.17) is 10.1 Å². The second-order valence-corrected chi connectivity index (χ2v) is 4.40. The third-order valence-corrected chi connectivity index (χ3v) is 2.82. The van der Waals surface area contributed by atoms with Crippen molar-refractivity contribution in [1.29, 1.82) is 5.41 Å². The van der Waals surface area contributed by atoms with Gasteiger partial charge in [0.05, 0.1) is 26.9 Å². The summed E-state index contributed by atoms with van der Waals surface area (Å²) in [5.74, 6) is -0.0926. The molecule has 0 saturated carbocycles. The van der Waals surface area contributed by atoms with Crippen LogP contribution < -0.4 is 15.4 Å². The summed E-state index contributed by atoms with van der Waals surface area (Å²) < 4.78 is 5.12. The molecule has 112 valence electrons. The number of ketones is 1. The first kappa shape index (κ1) is 16.6. The Labute approximate surface area is 123 Å². The highest BCUT2D eigenvalue weighted by atomic mass is 16.5. The largest absolute Gasteiger partial charge is 0.496 e. The van der Waals surface area contributed by atoms with Gasteiger partial charge in [-0.15, -0.1) is 0 Å². The van der Waals surface area contributed by atoms with E-state index in [9.17, 15) is 9.59 Å². The van der Waals surface area contributed by atoms with Crippen LogP contribution in [0.5, 0.6) is 5.75 Å². The van der Waals surface area contributed by atoms with E-state index < -0.39 is 5.78 Å². The Balaban J connectivity index is 2.62. The first-order chi connectivity index (χ1) is 9.99. The fraction of sp³-hybridized carbons (Fsp3) is 0.267. The molecule has 0 radical (unpaired) electrons. The predicted octanol–water partition coefficient (Wildman–Crippen LogP) is 0.0292. The van der Waals surface area contributed by atoms with E-state index >= 15 is 0 Å². The molecule has 21 heavy (non-hydrogen) atoms. The van der Waals surface area contributed by atoms with Crippen LogP contribution in [-0.4, -0.2) is 38.1 Å². The minimum absolute atomic E-state index is 0.140. The fourth-order valence-corrected chi connectivity index (χ4v) is 1.66. The molecule has 0 fully saturated rings. The monoisotopic (exact) mass is 290 g/mol. The summed E-state index contributed by atoms with van der Waals surface area (Å²) in [5, 5.41) is 11.7. The van der Waals surface area contributed by atoms with Gasteiger partial charge in [-0.25, -0.2) is 0 Å². The molecule has 0 atom stereocenters. The molecule has 0 spiro atoms. The number of methoxy groups -OCH3 is 1. The number of nitrogens with two attached hydrogens (primary N) is 1. The zero-order valence-electron chi connectivity index (χ0n) is 12.4. The van der Waals surface area contributed by atoms with Gasteiger partial charge >= 0.3 is 0 Å². The highest BCUT2D eigenvalue weighted by Gasteiger charge is 2.11. The number of Topliss-reactive ketones (excluding diaryl/α,β-unsaturated/α-hetero) is 1. The highest BCUT2D eigenvalue weighted by molar-refractivity contribution is 6.43. The average molecular weight is 290 g/mol. The van der Waals surface area contributed by atoms with Crippen molar-refractivity contribution in [2.45, 2.75) is 6.92 Å². The molecule has 0 heterocycles. The minimum Gasteiger partial charge on any atom is -0.496 e. The maximum atomic E-state index is 11.9. The molecule has 0 bridgehead atoms. The molecule has 4 N–H and O–H groups in total. The van der Waals surface area contributed by atoms with Crippen molar-refractivity contribution in [3.8, 4) is 5.75 Å². The Morgan fingerprint density at radius 2 is 2.14 bits per heavy atom. The lowest BCUT2D eigenvalue weighted by atomic mass is 10.1. The summed E-state index contributed by atoms with van der Waals surface area (Å²) in [6, 6.07) is 5.02. The van der Waals surface area contributed by atoms with Crippen LogP contribution in [0, 0.1) is 12.3 Å². The van der Waals surface area contributed by atoms with Crippen molar-refractivity contribution >= 4 is 17.4 Å². The lowest BCUT2D eigenvalue weighted by molar-refractivity contribution is -0.556. The molecule has 1 amide bonds. The van der Waals surface area contributed by atoms with Crippen LogP contribution in [0.2, 0.25) is 0 Å². The van der Waals surface area contributed by atoms with Crippen molar-refractivity contribution in [1.82, 2.24) is 5.32 Å². The number of quaternary nitrogens is 1.